The van der Waals surface area contributed by atoms with E-state index >= 15 is 0 Å². The predicted octanol–water partition coefficient (Wildman–Crippen LogP) is 2.64. The highest BCUT2D eigenvalue weighted by molar-refractivity contribution is 7.91. The Morgan fingerprint density at radius 1 is 1.14 bits per heavy atom. The van der Waals surface area contributed by atoms with Crippen LogP contribution in [-0.2, 0) is 9.84 Å². The quantitative estimate of drug-likeness (QED) is 0.730. The molecule has 3 heteroatoms. The van der Waals surface area contributed by atoms with Crippen LogP contribution < -0.4 is 0 Å². The molecule has 14 heavy (non-hydrogen) atoms. The lowest BCUT2D eigenvalue weighted by Crippen LogP contribution is -2.34. The van der Waals surface area contributed by atoms with Gasteiger partial charge in [0.25, 0.3) is 0 Å². The van der Waals surface area contributed by atoms with Crippen molar-refractivity contribution in [2.75, 3.05) is 11.5 Å². The highest BCUT2D eigenvalue weighted by Gasteiger charge is 2.35. The highest BCUT2D eigenvalue weighted by atomic mass is 32.2. The summed E-state index contributed by atoms with van der Waals surface area (Å²) in [5, 5.41) is 0. The Morgan fingerprint density at radius 2 is 1.57 bits per heavy atom. The number of hydrogen-bond donors (Lipinski definition) is 0. The molecular formula is C11H22O2S. The summed E-state index contributed by atoms with van der Waals surface area (Å²) in [4.78, 5) is 0. The molecule has 0 N–H and O–H groups in total. The molecule has 1 rings (SSSR count). The van der Waals surface area contributed by atoms with Gasteiger partial charge in [-0.3, -0.25) is 0 Å². The Hall–Kier alpha value is -0.0500. The summed E-state index contributed by atoms with van der Waals surface area (Å²) >= 11 is 0. The zero-order valence-corrected chi connectivity index (χ0v) is 10.4. The fourth-order valence-corrected chi connectivity index (χ4v) is 3.91. The lowest BCUT2D eigenvalue weighted by atomic mass is 9.70. The van der Waals surface area contributed by atoms with Crippen molar-refractivity contribution in [1.29, 1.82) is 0 Å². The molecular weight excluding hydrogens is 196 g/mol. The molecule has 0 spiro atoms. The molecule has 1 heterocycles. The van der Waals surface area contributed by atoms with Crippen molar-refractivity contribution in [3.8, 4) is 0 Å². The molecule has 1 aliphatic heterocycles. The van der Waals surface area contributed by atoms with E-state index in [0.29, 0.717) is 22.8 Å². The van der Waals surface area contributed by atoms with Gasteiger partial charge in [0.2, 0.25) is 0 Å². The molecule has 0 aromatic heterocycles. The molecule has 0 atom stereocenters. The largest absolute Gasteiger partial charge is 0.229 e. The van der Waals surface area contributed by atoms with Crippen molar-refractivity contribution in [2.45, 2.75) is 46.5 Å². The lowest BCUT2D eigenvalue weighted by Gasteiger charge is -2.38. The molecule has 1 fully saturated rings. The van der Waals surface area contributed by atoms with E-state index in [1.165, 1.54) is 0 Å². The van der Waals surface area contributed by atoms with Gasteiger partial charge in [0.15, 0.2) is 0 Å². The molecule has 0 amide bonds. The van der Waals surface area contributed by atoms with Gasteiger partial charge in [-0.1, -0.05) is 33.6 Å². The minimum atomic E-state index is -2.69. The van der Waals surface area contributed by atoms with Crippen LogP contribution >= 0.6 is 0 Å². The SMILES string of the molecule is CCC(C)(CC)C1CCS(=O)(=O)CC1. The van der Waals surface area contributed by atoms with Crippen molar-refractivity contribution < 1.29 is 8.42 Å². The van der Waals surface area contributed by atoms with Crippen molar-refractivity contribution >= 4 is 9.84 Å². The average molecular weight is 218 g/mol. The smallest absolute Gasteiger partial charge is 0.150 e. The van der Waals surface area contributed by atoms with E-state index in [9.17, 15) is 8.42 Å². The first-order chi connectivity index (χ1) is 6.43. The van der Waals surface area contributed by atoms with Gasteiger partial charge in [0, 0.05) is 0 Å². The minimum Gasteiger partial charge on any atom is -0.229 e. The van der Waals surface area contributed by atoms with E-state index in [1.807, 2.05) is 0 Å². The zero-order valence-electron chi connectivity index (χ0n) is 9.54. The third kappa shape index (κ3) is 2.50. The van der Waals surface area contributed by atoms with Crippen molar-refractivity contribution in [3.05, 3.63) is 0 Å². The van der Waals surface area contributed by atoms with Gasteiger partial charge >= 0.3 is 0 Å². The topological polar surface area (TPSA) is 34.1 Å². The summed E-state index contributed by atoms with van der Waals surface area (Å²) in [6.07, 6.45) is 4.07. The molecule has 0 aromatic rings. The first-order valence-electron chi connectivity index (χ1n) is 5.64. The summed E-state index contributed by atoms with van der Waals surface area (Å²) in [5.74, 6) is 1.43. The highest BCUT2D eigenvalue weighted by Crippen LogP contribution is 2.41. The standard InChI is InChI=1S/C11H22O2S/c1-4-11(3,5-2)10-6-8-14(12,13)9-7-10/h10H,4-9H2,1-3H3. The Labute approximate surface area is 88.0 Å². The second kappa shape index (κ2) is 4.21. The third-order valence-electron chi connectivity index (χ3n) is 4.16. The van der Waals surface area contributed by atoms with Gasteiger partial charge < -0.3 is 0 Å². The van der Waals surface area contributed by atoms with Gasteiger partial charge in [-0.2, -0.15) is 0 Å². The Bertz CT molecular complexity index is 262. The van der Waals surface area contributed by atoms with Gasteiger partial charge in [-0.25, -0.2) is 8.42 Å². The summed E-state index contributed by atoms with van der Waals surface area (Å²) < 4.78 is 22.6. The van der Waals surface area contributed by atoms with Crippen LogP contribution in [0, 0.1) is 11.3 Å². The first kappa shape index (κ1) is 12.0. The van der Waals surface area contributed by atoms with Crippen molar-refractivity contribution in [2.24, 2.45) is 11.3 Å². The van der Waals surface area contributed by atoms with Crippen LogP contribution in [0.1, 0.15) is 46.5 Å². The molecule has 0 radical (unpaired) electrons. The summed E-state index contributed by atoms with van der Waals surface area (Å²) in [5.41, 5.74) is 0.357. The number of sulfone groups is 1. The van der Waals surface area contributed by atoms with Gasteiger partial charge in [0.1, 0.15) is 9.84 Å². The number of rotatable bonds is 3. The van der Waals surface area contributed by atoms with Crippen LogP contribution in [0.25, 0.3) is 0 Å². The minimum absolute atomic E-state index is 0.357. The predicted molar refractivity (Wildman–Crippen MR) is 60.1 cm³/mol. The maximum atomic E-state index is 11.3. The summed E-state index contributed by atoms with van der Waals surface area (Å²) in [7, 11) is -2.69. The van der Waals surface area contributed by atoms with Crippen LogP contribution in [0.4, 0.5) is 0 Å². The van der Waals surface area contributed by atoms with Crippen LogP contribution in [-0.4, -0.2) is 19.9 Å². The number of hydrogen-bond acceptors (Lipinski definition) is 2. The molecule has 0 aromatic carbocycles. The molecule has 1 saturated heterocycles. The van der Waals surface area contributed by atoms with E-state index in [-0.39, 0.29) is 0 Å². The van der Waals surface area contributed by atoms with Gasteiger partial charge in [-0.15, -0.1) is 0 Å². The average Bonchev–Trinajstić information content (AvgIpc) is 2.16. The van der Waals surface area contributed by atoms with E-state index in [4.69, 9.17) is 0 Å². The fourth-order valence-electron chi connectivity index (χ4n) is 2.41. The molecule has 0 unspecified atom stereocenters. The van der Waals surface area contributed by atoms with Gasteiger partial charge in [-0.05, 0) is 24.2 Å². The molecule has 2 nitrogen and oxygen atoms in total. The van der Waals surface area contributed by atoms with E-state index in [2.05, 4.69) is 20.8 Å². The van der Waals surface area contributed by atoms with Crippen LogP contribution in [0.5, 0.6) is 0 Å². The maximum absolute atomic E-state index is 11.3. The molecule has 0 saturated carbocycles. The first-order valence-corrected chi connectivity index (χ1v) is 7.46. The molecule has 1 aliphatic rings. The van der Waals surface area contributed by atoms with E-state index in [0.717, 1.165) is 25.7 Å². The van der Waals surface area contributed by atoms with E-state index in [1.54, 1.807) is 0 Å². The fraction of sp³-hybridized carbons (Fsp3) is 1.00. The van der Waals surface area contributed by atoms with Crippen LogP contribution in [0.3, 0.4) is 0 Å². The lowest BCUT2D eigenvalue weighted by molar-refractivity contribution is 0.155. The Kier molecular flexibility index (Phi) is 3.62. The molecule has 0 aliphatic carbocycles. The van der Waals surface area contributed by atoms with Crippen molar-refractivity contribution in [1.82, 2.24) is 0 Å². The van der Waals surface area contributed by atoms with Crippen molar-refractivity contribution in [3.63, 3.8) is 0 Å². The summed E-state index contributed by atoms with van der Waals surface area (Å²) in [6, 6.07) is 0. The molecule has 84 valence electrons. The Balaban J connectivity index is 2.65. The normalized spacial score (nSPS) is 23.6. The second-order valence-corrected chi connectivity index (χ2v) is 7.09. The Morgan fingerprint density at radius 3 is 1.93 bits per heavy atom. The zero-order chi connectivity index (χ0) is 10.8. The maximum Gasteiger partial charge on any atom is 0.150 e. The van der Waals surface area contributed by atoms with Crippen LogP contribution in [0.2, 0.25) is 0 Å². The van der Waals surface area contributed by atoms with Gasteiger partial charge in [0.05, 0.1) is 11.5 Å². The monoisotopic (exact) mass is 218 g/mol. The second-order valence-electron chi connectivity index (χ2n) is 4.79. The summed E-state index contributed by atoms with van der Waals surface area (Å²) in [6.45, 7) is 6.73. The van der Waals surface area contributed by atoms with Crippen LogP contribution in [0.15, 0.2) is 0 Å². The van der Waals surface area contributed by atoms with E-state index < -0.39 is 9.84 Å². The molecule has 0 bridgehead atoms. The third-order valence-corrected chi connectivity index (χ3v) is 5.87.